The van der Waals surface area contributed by atoms with E-state index in [4.69, 9.17) is 4.98 Å². The quantitative estimate of drug-likeness (QED) is 0.236. The van der Waals surface area contributed by atoms with E-state index in [0.29, 0.717) is 35.0 Å². The average molecular weight is 560 g/mol. The van der Waals surface area contributed by atoms with Crippen LogP contribution in [-0.2, 0) is 23.3 Å². The number of fused-ring (bicyclic) bond motifs is 1. The zero-order valence-corrected chi connectivity index (χ0v) is 22.3. The minimum Gasteiger partial charge on any atom is -0.598 e. The molecule has 1 fully saturated rings. The molecule has 2 atom stereocenters. The van der Waals surface area contributed by atoms with Crippen molar-refractivity contribution in [2.24, 2.45) is 5.92 Å². The molecular weight excluding hydrogens is 531 g/mol. The van der Waals surface area contributed by atoms with Gasteiger partial charge in [0, 0.05) is 28.2 Å². The molecule has 8 nitrogen and oxygen atoms in total. The van der Waals surface area contributed by atoms with Gasteiger partial charge >= 0.3 is 6.18 Å². The molecule has 206 valence electrons. The lowest BCUT2D eigenvalue weighted by Crippen LogP contribution is -2.59. The largest absolute Gasteiger partial charge is 0.598 e. The Morgan fingerprint density at radius 3 is 2.36 bits per heavy atom. The normalized spacial score (nSPS) is 20.4. The van der Waals surface area contributed by atoms with E-state index < -0.39 is 45.7 Å². The molecule has 39 heavy (non-hydrogen) atoms. The van der Waals surface area contributed by atoms with Gasteiger partial charge in [0.1, 0.15) is 10.4 Å². The highest BCUT2D eigenvalue weighted by Gasteiger charge is 2.51. The molecule has 1 aliphatic carbocycles. The highest BCUT2D eigenvalue weighted by atomic mass is 32.2. The fourth-order valence-electron chi connectivity index (χ4n) is 4.44. The van der Waals surface area contributed by atoms with E-state index in [1.165, 1.54) is 23.0 Å². The van der Waals surface area contributed by atoms with Gasteiger partial charge in [-0.25, -0.2) is 14.6 Å². The summed E-state index contributed by atoms with van der Waals surface area (Å²) < 4.78 is 56.2. The maximum atomic E-state index is 13.2. The van der Waals surface area contributed by atoms with Crippen LogP contribution in [0, 0.1) is 5.92 Å². The van der Waals surface area contributed by atoms with Crippen LogP contribution in [0.1, 0.15) is 45.0 Å². The molecule has 0 aliphatic heterocycles. The number of hydrogen-bond donors (Lipinski definition) is 3. The Bertz CT molecular complexity index is 1500. The predicted molar refractivity (Wildman–Crippen MR) is 141 cm³/mol. The van der Waals surface area contributed by atoms with Crippen molar-refractivity contribution in [3.63, 3.8) is 0 Å². The van der Waals surface area contributed by atoms with E-state index in [0.717, 1.165) is 6.07 Å². The monoisotopic (exact) mass is 559 g/mol. The molecule has 0 spiro atoms. The zero-order valence-electron chi connectivity index (χ0n) is 21.5. The summed E-state index contributed by atoms with van der Waals surface area (Å²) in [5.74, 6) is -0.386. The molecule has 1 aliphatic rings. The standard InChI is InChI=1S/C27H28F3N5O3S/c1-25(2,3)39(38)34-26(37,18-13-19(36)14-18)22-7-4-6-20(32-22)16-10-11-17-15-31-35(21(17)12-16)24-9-5-8-23(33-24)27(28,29)30/h4-12,15,18-19,34,36-37H,13-14H2,1-3H3/t18?,19?,26-,39+/m0/s1. The van der Waals surface area contributed by atoms with E-state index in [1.807, 2.05) is 0 Å². The summed E-state index contributed by atoms with van der Waals surface area (Å²) in [6.45, 7) is 5.36. The van der Waals surface area contributed by atoms with Gasteiger partial charge in [0.2, 0.25) is 5.72 Å². The first-order chi connectivity index (χ1) is 18.3. The smallest absolute Gasteiger partial charge is 0.433 e. The molecule has 0 radical (unpaired) electrons. The van der Waals surface area contributed by atoms with Gasteiger partial charge in [-0.1, -0.05) is 24.3 Å². The van der Waals surface area contributed by atoms with Crippen molar-refractivity contribution in [2.45, 2.75) is 56.4 Å². The van der Waals surface area contributed by atoms with Crippen LogP contribution in [0.3, 0.4) is 0 Å². The van der Waals surface area contributed by atoms with E-state index in [2.05, 4.69) is 14.8 Å². The molecular formula is C27H28F3N5O3S. The van der Waals surface area contributed by atoms with Crippen LogP contribution in [-0.4, -0.2) is 45.4 Å². The number of pyridine rings is 2. The average Bonchev–Trinajstić information content (AvgIpc) is 3.29. The summed E-state index contributed by atoms with van der Waals surface area (Å²) in [4.78, 5) is 8.44. The Balaban J connectivity index is 1.54. The van der Waals surface area contributed by atoms with Gasteiger partial charge in [-0.05, 0) is 63.9 Å². The van der Waals surface area contributed by atoms with Crippen LogP contribution in [0.25, 0.3) is 28.0 Å². The highest BCUT2D eigenvalue weighted by Crippen LogP contribution is 2.42. The molecule has 1 saturated carbocycles. The van der Waals surface area contributed by atoms with Crippen molar-refractivity contribution < 1.29 is 27.9 Å². The summed E-state index contributed by atoms with van der Waals surface area (Å²) in [6.07, 6.45) is -2.96. The summed E-state index contributed by atoms with van der Waals surface area (Å²) in [5, 5.41) is 26.6. The number of aliphatic hydroxyl groups excluding tert-OH is 1. The fraction of sp³-hybridized carbons (Fsp3) is 0.370. The topological polar surface area (TPSA) is 119 Å². The summed E-state index contributed by atoms with van der Waals surface area (Å²) in [6, 6.07) is 14.0. The maximum absolute atomic E-state index is 13.2. The van der Waals surface area contributed by atoms with Gasteiger partial charge in [0.15, 0.2) is 5.82 Å². The zero-order chi connectivity index (χ0) is 28.2. The molecule has 1 aromatic carbocycles. The number of hydrogen-bond acceptors (Lipinski definition) is 7. The third kappa shape index (κ3) is 5.39. The van der Waals surface area contributed by atoms with Crippen LogP contribution < -0.4 is 4.72 Å². The van der Waals surface area contributed by atoms with E-state index >= 15 is 0 Å². The van der Waals surface area contributed by atoms with Gasteiger partial charge < -0.3 is 14.8 Å². The molecule has 3 N–H and O–H groups in total. The Labute approximate surface area is 226 Å². The molecule has 4 aromatic rings. The maximum Gasteiger partial charge on any atom is 0.433 e. The molecule has 3 heterocycles. The van der Waals surface area contributed by atoms with Gasteiger partial charge in [-0.3, -0.25) is 0 Å². The van der Waals surface area contributed by atoms with Gasteiger partial charge in [-0.2, -0.15) is 18.3 Å². The van der Waals surface area contributed by atoms with Gasteiger partial charge in [0.05, 0.1) is 29.2 Å². The minimum atomic E-state index is -4.59. The van der Waals surface area contributed by atoms with Crippen molar-refractivity contribution >= 4 is 22.3 Å². The minimum absolute atomic E-state index is 0.0189. The second-order valence-corrected chi connectivity index (χ2v) is 12.7. The first-order valence-corrected chi connectivity index (χ1v) is 13.5. The summed E-state index contributed by atoms with van der Waals surface area (Å²) in [5.41, 5.74) is -0.874. The number of rotatable bonds is 6. The number of nitrogens with zero attached hydrogens (tertiary/aromatic N) is 4. The molecule has 0 bridgehead atoms. The van der Waals surface area contributed by atoms with Crippen molar-refractivity contribution in [1.29, 1.82) is 0 Å². The lowest BCUT2D eigenvalue weighted by molar-refractivity contribution is -0.141. The van der Waals surface area contributed by atoms with Crippen molar-refractivity contribution in [3.05, 3.63) is 72.2 Å². The number of alkyl halides is 3. The first-order valence-electron chi connectivity index (χ1n) is 12.4. The number of halogens is 3. The fourth-order valence-corrected chi connectivity index (χ4v) is 5.30. The van der Waals surface area contributed by atoms with Crippen molar-refractivity contribution in [1.82, 2.24) is 24.5 Å². The van der Waals surface area contributed by atoms with Crippen LogP contribution in [0.5, 0.6) is 0 Å². The third-order valence-electron chi connectivity index (χ3n) is 6.76. The van der Waals surface area contributed by atoms with Gasteiger partial charge in [-0.15, -0.1) is 4.72 Å². The van der Waals surface area contributed by atoms with E-state index in [-0.39, 0.29) is 11.5 Å². The Hall–Kier alpha value is -3.03. The molecule has 0 unspecified atom stereocenters. The number of aliphatic hydroxyl groups is 2. The van der Waals surface area contributed by atoms with E-state index in [1.54, 1.807) is 57.2 Å². The second-order valence-electron chi connectivity index (χ2n) is 10.7. The molecule has 0 amide bonds. The van der Waals surface area contributed by atoms with Crippen molar-refractivity contribution in [2.75, 3.05) is 0 Å². The number of nitrogens with one attached hydrogen (secondary N) is 1. The SMILES string of the molecule is CC(C)(C)[S@@+]([O-])N[C@@](O)(c1cccc(-c2ccc3cnn(-c4cccc(C(F)(F)F)n4)c3c2)n1)C1CC(O)C1. The van der Waals surface area contributed by atoms with Crippen LogP contribution in [0.15, 0.2) is 60.8 Å². The number of benzene rings is 1. The lowest BCUT2D eigenvalue weighted by atomic mass is 9.74. The van der Waals surface area contributed by atoms with Gasteiger partial charge in [0.25, 0.3) is 0 Å². The molecule has 12 heteroatoms. The highest BCUT2D eigenvalue weighted by molar-refractivity contribution is 7.90. The molecule has 0 saturated heterocycles. The van der Waals surface area contributed by atoms with E-state index in [9.17, 15) is 27.9 Å². The van der Waals surface area contributed by atoms with Crippen molar-refractivity contribution in [3.8, 4) is 17.1 Å². The Kier molecular flexibility index (Phi) is 6.96. The van der Waals surface area contributed by atoms with Crippen LogP contribution in [0.2, 0.25) is 0 Å². The molecule has 3 aromatic heterocycles. The lowest BCUT2D eigenvalue weighted by Gasteiger charge is -2.44. The predicted octanol–water partition coefficient (Wildman–Crippen LogP) is 4.47. The second kappa shape index (κ2) is 9.86. The summed E-state index contributed by atoms with van der Waals surface area (Å²) in [7, 11) is 0. The Morgan fingerprint density at radius 2 is 1.69 bits per heavy atom. The van der Waals surface area contributed by atoms with Crippen LogP contribution >= 0.6 is 0 Å². The number of aromatic nitrogens is 4. The molecule has 5 rings (SSSR count). The van der Waals surface area contributed by atoms with Crippen LogP contribution in [0.4, 0.5) is 13.2 Å². The third-order valence-corrected chi connectivity index (χ3v) is 8.37. The first kappa shape index (κ1) is 27.5. The summed E-state index contributed by atoms with van der Waals surface area (Å²) >= 11 is -1.62. The Morgan fingerprint density at radius 1 is 1.00 bits per heavy atom.